The Morgan fingerprint density at radius 1 is 1.11 bits per heavy atom. The molecule has 0 aromatic heterocycles. The van der Waals surface area contributed by atoms with Crippen molar-refractivity contribution in [3.63, 3.8) is 0 Å². The Bertz CT molecular complexity index is 782. The summed E-state index contributed by atoms with van der Waals surface area (Å²) in [5.74, 6) is 0.915. The first kappa shape index (κ1) is 20.3. The first-order valence-electron chi connectivity index (χ1n) is 8.45. The fourth-order valence-corrected chi connectivity index (χ4v) is 2.77. The molecule has 0 aliphatic heterocycles. The normalized spacial score (nSPS) is 10.2. The van der Waals surface area contributed by atoms with Gasteiger partial charge >= 0.3 is 0 Å². The predicted molar refractivity (Wildman–Crippen MR) is 102 cm³/mol. The summed E-state index contributed by atoms with van der Waals surface area (Å²) in [4.78, 5) is 14.4. The molecule has 2 aromatic rings. The molecule has 1 amide bonds. The molecule has 6 heteroatoms. The van der Waals surface area contributed by atoms with Crippen molar-refractivity contribution in [2.45, 2.75) is 13.0 Å². The summed E-state index contributed by atoms with van der Waals surface area (Å²) >= 11 is 0. The summed E-state index contributed by atoms with van der Waals surface area (Å²) in [5.41, 5.74) is 1.16. The first-order valence-corrected chi connectivity index (χ1v) is 8.45. The maximum absolute atomic E-state index is 14.0. The van der Waals surface area contributed by atoms with E-state index >= 15 is 0 Å². The Labute approximate surface area is 159 Å². The zero-order valence-corrected chi connectivity index (χ0v) is 15.8. The third-order valence-electron chi connectivity index (χ3n) is 4.10. The molecule has 0 saturated heterocycles. The van der Waals surface area contributed by atoms with Crippen LogP contribution < -0.4 is 14.2 Å². The van der Waals surface area contributed by atoms with E-state index in [1.54, 1.807) is 41.3 Å². The topological polar surface area (TPSA) is 48.0 Å². The lowest BCUT2D eigenvalue weighted by Gasteiger charge is -2.22. The van der Waals surface area contributed by atoms with E-state index in [9.17, 15) is 9.18 Å². The summed E-state index contributed by atoms with van der Waals surface area (Å²) < 4.78 is 29.9. The monoisotopic (exact) mass is 373 g/mol. The largest absolute Gasteiger partial charge is 0.493 e. The van der Waals surface area contributed by atoms with E-state index in [1.165, 1.54) is 27.4 Å². The van der Waals surface area contributed by atoms with Crippen LogP contribution in [0.2, 0.25) is 0 Å². The Morgan fingerprint density at radius 2 is 1.74 bits per heavy atom. The second-order valence-electron chi connectivity index (χ2n) is 5.86. The van der Waals surface area contributed by atoms with Crippen LogP contribution >= 0.6 is 0 Å². The van der Waals surface area contributed by atoms with Crippen LogP contribution in [-0.4, -0.2) is 38.7 Å². The lowest BCUT2D eigenvalue weighted by Crippen LogP contribution is -2.32. The van der Waals surface area contributed by atoms with Gasteiger partial charge in [0.25, 0.3) is 0 Å². The van der Waals surface area contributed by atoms with E-state index in [4.69, 9.17) is 14.2 Å². The van der Waals surface area contributed by atoms with Gasteiger partial charge < -0.3 is 19.1 Å². The van der Waals surface area contributed by atoms with Gasteiger partial charge in [-0.2, -0.15) is 0 Å². The van der Waals surface area contributed by atoms with Gasteiger partial charge in [-0.25, -0.2) is 4.39 Å². The second-order valence-corrected chi connectivity index (χ2v) is 5.86. The number of benzene rings is 2. The van der Waals surface area contributed by atoms with Crippen LogP contribution in [0.1, 0.15) is 11.1 Å². The van der Waals surface area contributed by atoms with Crippen LogP contribution in [0.15, 0.2) is 49.1 Å². The van der Waals surface area contributed by atoms with E-state index < -0.39 is 0 Å². The predicted octanol–water partition coefficient (Wildman–Crippen LogP) is 3.61. The molecule has 0 atom stereocenters. The van der Waals surface area contributed by atoms with Crippen molar-refractivity contribution in [3.05, 3.63) is 66.0 Å². The number of rotatable bonds is 9. The molecular formula is C21H24FNO4. The van der Waals surface area contributed by atoms with Gasteiger partial charge in [0.2, 0.25) is 11.7 Å². The van der Waals surface area contributed by atoms with Crippen molar-refractivity contribution in [3.8, 4) is 17.2 Å². The number of amides is 1. The quantitative estimate of drug-likeness (QED) is 0.630. The fourth-order valence-electron chi connectivity index (χ4n) is 2.77. The Balaban J connectivity index is 2.24. The van der Waals surface area contributed by atoms with Gasteiger partial charge in [0.15, 0.2) is 11.5 Å². The van der Waals surface area contributed by atoms with Gasteiger partial charge in [0.05, 0.1) is 27.8 Å². The summed E-state index contributed by atoms with van der Waals surface area (Å²) in [7, 11) is 4.56. The van der Waals surface area contributed by atoms with Gasteiger partial charge in [0.1, 0.15) is 5.82 Å². The summed E-state index contributed by atoms with van der Waals surface area (Å²) in [6.45, 7) is 4.17. The second kappa shape index (κ2) is 9.62. The molecule has 0 aliphatic carbocycles. The van der Waals surface area contributed by atoms with Crippen LogP contribution in [0, 0.1) is 5.82 Å². The average molecular weight is 373 g/mol. The molecule has 5 nitrogen and oxygen atoms in total. The highest BCUT2D eigenvalue weighted by atomic mass is 19.1. The van der Waals surface area contributed by atoms with Crippen molar-refractivity contribution in [1.29, 1.82) is 0 Å². The molecular weight excluding hydrogens is 349 g/mol. The van der Waals surface area contributed by atoms with Crippen molar-refractivity contribution >= 4 is 5.91 Å². The van der Waals surface area contributed by atoms with Crippen molar-refractivity contribution in [2.24, 2.45) is 0 Å². The van der Waals surface area contributed by atoms with Gasteiger partial charge in [-0.3, -0.25) is 4.79 Å². The van der Waals surface area contributed by atoms with Gasteiger partial charge in [0, 0.05) is 18.7 Å². The molecule has 0 heterocycles. The number of hydrogen-bond acceptors (Lipinski definition) is 4. The van der Waals surface area contributed by atoms with Crippen molar-refractivity contribution in [1.82, 2.24) is 4.90 Å². The lowest BCUT2D eigenvalue weighted by molar-refractivity contribution is -0.130. The van der Waals surface area contributed by atoms with E-state index in [2.05, 4.69) is 6.58 Å². The molecule has 2 rings (SSSR count). The van der Waals surface area contributed by atoms with E-state index in [0.29, 0.717) is 34.9 Å². The number of carbonyl (C=O) groups is 1. The number of methoxy groups -OCH3 is 3. The Kier molecular flexibility index (Phi) is 7.23. The van der Waals surface area contributed by atoms with Crippen molar-refractivity contribution in [2.75, 3.05) is 27.9 Å². The first-order chi connectivity index (χ1) is 13.0. The van der Waals surface area contributed by atoms with E-state index in [0.717, 1.165) is 0 Å². The molecule has 0 bridgehead atoms. The highest BCUT2D eigenvalue weighted by molar-refractivity contribution is 5.79. The maximum Gasteiger partial charge on any atom is 0.227 e. The van der Waals surface area contributed by atoms with Gasteiger partial charge in [-0.15, -0.1) is 6.58 Å². The fraction of sp³-hybridized carbons (Fsp3) is 0.286. The van der Waals surface area contributed by atoms with Crippen LogP contribution in [0.25, 0.3) is 0 Å². The van der Waals surface area contributed by atoms with Gasteiger partial charge in [-0.05, 0) is 23.8 Å². The number of ether oxygens (including phenoxy) is 3. The minimum Gasteiger partial charge on any atom is -0.493 e. The standard InChI is InChI=1S/C21H24FNO4/c1-5-10-23(14-16-8-6-7-9-17(16)22)20(24)13-15-11-18(25-2)21(27-4)19(12-15)26-3/h5-9,11-12H,1,10,13-14H2,2-4H3. The number of carbonyl (C=O) groups excluding carboxylic acids is 1. The molecule has 2 aromatic carbocycles. The zero-order chi connectivity index (χ0) is 19.8. The summed E-state index contributed by atoms with van der Waals surface area (Å²) in [6.07, 6.45) is 1.73. The average Bonchev–Trinajstić information content (AvgIpc) is 2.68. The molecule has 0 spiro atoms. The molecule has 144 valence electrons. The minimum absolute atomic E-state index is 0.110. The van der Waals surface area contributed by atoms with Crippen molar-refractivity contribution < 1.29 is 23.4 Å². The molecule has 0 radical (unpaired) electrons. The van der Waals surface area contributed by atoms with Crippen LogP contribution in [0.4, 0.5) is 4.39 Å². The smallest absolute Gasteiger partial charge is 0.227 e. The van der Waals surface area contributed by atoms with E-state index in [-0.39, 0.29) is 24.7 Å². The Hall–Kier alpha value is -3.02. The third-order valence-corrected chi connectivity index (χ3v) is 4.10. The summed E-state index contributed by atoms with van der Waals surface area (Å²) in [5, 5.41) is 0. The zero-order valence-electron chi connectivity index (χ0n) is 15.8. The summed E-state index contributed by atoms with van der Waals surface area (Å²) in [6, 6.07) is 9.87. The Morgan fingerprint density at radius 3 is 2.26 bits per heavy atom. The van der Waals surface area contributed by atoms with Crippen LogP contribution in [-0.2, 0) is 17.8 Å². The van der Waals surface area contributed by atoms with E-state index in [1.807, 2.05) is 0 Å². The third kappa shape index (κ3) is 5.00. The lowest BCUT2D eigenvalue weighted by atomic mass is 10.1. The molecule has 27 heavy (non-hydrogen) atoms. The van der Waals surface area contributed by atoms with Crippen LogP contribution in [0.5, 0.6) is 17.2 Å². The van der Waals surface area contributed by atoms with Gasteiger partial charge in [-0.1, -0.05) is 24.3 Å². The molecule has 0 fully saturated rings. The number of hydrogen-bond donors (Lipinski definition) is 0. The van der Waals surface area contributed by atoms with Crippen LogP contribution in [0.3, 0.4) is 0 Å². The molecule has 0 aliphatic rings. The number of nitrogens with zero attached hydrogens (tertiary/aromatic N) is 1. The number of halogens is 1. The minimum atomic E-state index is -0.341. The molecule has 0 N–H and O–H groups in total. The SMILES string of the molecule is C=CCN(Cc1ccccc1F)C(=O)Cc1cc(OC)c(OC)c(OC)c1. The maximum atomic E-state index is 14.0. The highest BCUT2D eigenvalue weighted by Gasteiger charge is 2.18. The molecule has 0 saturated carbocycles. The molecule has 0 unspecified atom stereocenters. The highest BCUT2D eigenvalue weighted by Crippen LogP contribution is 2.38.